The molecule has 1 aliphatic rings. The fourth-order valence-corrected chi connectivity index (χ4v) is 4.31. The highest BCUT2D eigenvalue weighted by Gasteiger charge is 2.16. The number of unbranched alkanes of at least 4 members (excludes halogenated alkanes) is 1. The molecule has 0 saturated carbocycles. The number of nitrogens with zero attached hydrogens (tertiary/aromatic N) is 3. The molecule has 0 aliphatic carbocycles. The summed E-state index contributed by atoms with van der Waals surface area (Å²) < 4.78 is 0. The van der Waals surface area contributed by atoms with E-state index >= 15 is 0 Å². The summed E-state index contributed by atoms with van der Waals surface area (Å²) in [6, 6.07) is 8.91. The summed E-state index contributed by atoms with van der Waals surface area (Å²) in [5.74, 6) is 0. The number of piperidine rings is 1. The lowest BCUT2D eigenvalue weighted by Crippen LogP contribution is -2.40. The SMILES string of the molecule is Cc1c(Nc2c(C#N)cncc2CCCCN2CCC(N)CC2)ccc2[nH]ccc12. The standard InChI is InChI=1S/C24H30N6/c1-17-21-7-10-28-23(21)6-5-22(17)29-24-18(15-27-16-19(24)14-25)4-2-3-11-30-12-8-20(26)9-13-30/h5-7,10,15-16,20,28H,2-4,8-9,11-13,26H2,1H3,(H,27,29). The maximum atomic E-state index is 9.64. The summed E-state index contributed by atoms with van der Waals surface area (Å²) in [7, 11) is 0. The minimum atomic E-state index is 0.378. The van der Waals surface area contributed by atoms with E-state index in [1.54, 1.807) is 6.20 Å². The van der Waals surface area contributed by atoms with Gasteiger partial charge < -0.3 is 20.9 Å². The monoisotopic (exact) mass is 402 g/mol. The Labute approximate surface area is 178 Å². The lowest BCUT2D eigenvalue weighted by molar-refractivity contribution is 0.210. The summed E-state index contributed by atoms with van der Waals surface area (Å²) in [6.45, 7) is 5.45. The van der Waals surface area contributed by atoms with E-state index in [2.05, 4.69) is 51.4 Å². The van der Waals surface area contributed by atoms with Gasteiger partial charge in [0.25, 0.3) is 0 Å². The smallest absolute Gasteiger partial charge is 0.103 e. The van der Waals surface area contributed by atoms with E-state index in [4.69, 9.17) is 5.73 Å². The number of benzene rings is 1. The van der Waals surface area contributed by atoms with Crippen molar-refractivity contribution in [3.63, 3.8) is 0 Å². The molecule has 1 fully saturated rings. The number of aromatic amines is 1. The van der Waals surface area contributed by atoms with Gasteiger partial charge in [0.15, 0.2) is 0 Å². The Bertz CT molecular complexity index is 1040. The van der Waals surface area contributed by atoms with Crippen molar-refractivity contribution in [3.8, 4) is 6.07 Å². The number of H-pyrrole nitrogens is 1. The first-order valence-corrected chi connectivity index (χ1v) is 10.8. The first-order chi connectivity index (χ1) is 14.7. The number of nitriles is 1. The first-order valence-electron chi connectivity index (χ1n) is 10.8. The highest BCUT2D eigenvalue weighted by molar-refractivity contribution is 5.89. The van der Waals surface area contributed by atoms with Gasteiger partial charge in [0.05, 0.1) is 11.3 Å². The zero-order valence-corrected chi connectivity index (χ0v) is 17.6. The van der Waals surface area contributed by atoms with Gasteiger partial charge in [-0.05, 0) is 88.0 Å². The van der Waals surface area contributed by atoms with Gasteiger partial charge in [-0.25, -0.2) is 0 Å². The molecule has 1 saturated heterocycles. The number of nitrogens with two attached hydrogens (primary N) is 1. The molecule has 0 radical (unpaired) electrons. The third kappa shape index (κ3) is 4.48. The average Bonchev–Trinajstić information content (AvgIpc) is 3.25. The van der Waals surface area contributed by atoms with Crippen LogP contribution < -0.4 is 11.1 Å². The van der Waals surface area contributed by atoms with Crippen molar-refractivity contribution in [1.82, 2.24) is 14.9 Å². The molecule has 30 heavy (non-hydrogen) atoms. The number of pyridine rings is 1. The molecule has 1 aromatic carbocycles. The summed E-state index contributed by atoms with van der Waals surface area (Å²) in [5.41, 5.74) is 11.9. The molecule has 1 aliphatic heterocycles. The van der Waals surface area contributed by atoms with Crippen molar-refractivity contribution in [2.75, 3.05) is 25.0 Å². The van der Waals surface area contributed by atoms with Crippen molar-refractivity contribution in [2.24, 2.45) is 5.73 Å². The van der Waals surface area contributed by atoms with Crippen LogP contribution in [0.1, 0.15) is 42.4 Å². The second kappa shape index (κ2) is 9.29. The largest absolute Gasteiger partial charge is 0.361 e. The maximum absolute atomic E-state index is 9.64. The zero-order chi connectivity index (χ0) is 20.9. The molecule has 0 unspecified atom stereocenters. The molecule has 0 spiro atoms. The minimum Gasteiger partial charge on any atom is -0.361 e. The second-order valence-electron chi connectivity index (χ2n) is 8.27. The van der Waals surface area contributed by atoms with Gasteiger partial charge in [0, 0.05) is 41.2 Å². The van der Waals surface area contributed by atoms with Crippen LogP contribution in [0.25, 0.3) is 10.9 Å². The molecule has 4 N–H and O–H groups in total. The molecule has 3 aromatic rings. The van der Waals surface area contributed by atoms with Crippen molar-refractivity contribution in [2.45, 2.75) is 45.1 Å². The van der Waals surface area contributed by atoms with Crippen LogP contribution in [0.2, 0.25) is 0 Å². The van der Waals surface area contributed by atoms with Gasteiger partial charge in [0.2, 0.25) is 0 Å². The number of rotatable bonds is 7. The van der Waals surface area contributed by atoms with Gasteiger partial charge in [-0.1, -0.05) is 0 Å². The zero-order valence-electron chi connectivity index (χ0n) is 17.6. The van der Waals surface area contributed by atoms with Crippen LogP contribution >= 0.6 is 0 Å². The molecular weight excluding hydrogens is 372 g/mol. The van der Waals surface area contributed by atoms with Crippen molar-refractivity contribution >= 4 is 22.3 Å². The maximum Gasteiger partial charge on any atom is 0.103 e. The normalized spacial score (nSPS) is 15.4. The number of fused-ring (bicyclic) bond motifs is 1. The number of hydrogen-bond acceptors (Lipinski definition) is 5. The van der Waals surface area contributed by atoms with Crippen LogP contribution in [0.5, 0.6) is 0 Å². The van der Waals surface area contributed by atoms with Crippen LogP contribution in [0, 0.1) is 18.3 Å². The fourth-order valence-electron chi connectivity index (χ4n) is 4.31. The number of anilines is 2. The molecule has 0 bridgehead atoms. The molecule has 3 heterocycles. The topological polar surface area (TPSA) is 93.8 Å². The molecule has 0 atom stereocenters. The number of nitrogens with one attached hydrogen (secondary N) is 2. The van der Waals surface area contributed by atoms with Crippen LogP contribution in [0.15, 0.2) is 36.8 Å². The highest BCUT2D eigenvalue weighted by Crippen LogP contribution is 2.31. The Hall–Kier alpha value is -2.88. The Kier molecular flexibility index (Phi) is 6.32. The van der Waals surface area contributed by atoms with Gasteiger partial charge in [-0.3, -0.25) is 4.98 Å². The number of aromatic nitrogens is 2. The molecule has 0 amide bonds. The van der Waals surface area contributed by atoms with E-state index in [-0.39, 0.29) is 0 Å². The van der Waals surface area contributed by atoms with Crippen LogP contribution in [-0.4, -0.2) is 40.5 Å². The molecule has 4 rings (SSSR count). The summed E-state index contributed by atoms with van der Waals surface area (Å²) in [5, 5.41) is 14.4. The van der Waals surface area contributed by atoms with Gasteiger partial charge in [-0.2, -0.15) is 5.26 Å². The minimum absolute atomic E-state index is 0.378. The third-order valence-electron chi connectivity index (χ3n) is 6.21. The van der Waals surface area contributed by atoms with Gasteiger partial charge in [0.1, 0.15) is 6.07 Å². The van der Waals surface area contributed by atoms with E-state index < -0.39 is 0 Å². The Morgan fingerprint density at radius 2 is 2.07 bits per heavy atom. The molecule has 156 valence electrons. The third-order valence-corrected chi connectivity index (χ3v) is 6.21. The summed E-state index contributed by atoms with van der Waals surface area (Å²) in [6.07, 6.45) is 10.8. The predicted molar refractivity (Wildman–Crippen MR) is 122 cm³/mol. The van der Waals surface area contributed by atoms with Crippen molar-refractivity contribution in [3.05, 3.63) is 53.5 Å². The Morgan fingerprint density at radius 1 is 1.23 bits per heavy atom. The second-order valence-corrected chi connectivity index (χ2v) is 8.27. The quantitative estimate of drug-likeness (QED) is 0.514. The average molecular weight is 403 g/mol. The van der Waals surface area contributed by atoms with E-state index in [9.17, 15) is 5.26 Å². The number of hydrogen-bond donors (Lipinski definition) is 3. The fraction of sp³-hybridized carbons (Fsp3) is 0.417. The van der Waals surface area contributed by atoms with Crippen LogP contribution in [-0.2, 0) is 6.42 Å². The van der Waals surface area contributed by atoms with E-state index in [1.165, 1.54) is 10.9 Å². The van der Waals surface area contributed by atoms with E-state index in [1.807, 2.05) is 12.4 Å². The van der Waals surface area contributed by atoms with Gasteiger partial charge in [-0.15, -0.1) is 0 Å². The highest BCUT2D eigenvalue weighted by atomic mass is 15.1. The lowest BCUT2D eigenvalue weighted by Gasteiger charge is -2.29. The van der Waals surface area contributed by atoms with Crippen molar-refractivity contribution < 1.29 is 0 Å². The summed E-state index contributed by atoms with van der Waals surface area (Å²) >= 11 is 0. The van der Waals surface area contributed by atoms with Gasteiger partial charge >= 0.3 is 0 Å². The number of likely N-dealkylation sites (tertiary alicyclic amines) is 1. The first kappa shape index (κ1) is 20.4. The summed E-state index contributed by atoms with van der Waals surface area (Å²) in [4.78, 5) is 10.1. The number of aryl methyl sites for hydroxylation is 2. The molecule has 2 aromatic heterocycles. The van der Waals surface area contributed by atoms with Crippen LogP contribution in [0.3, 0.4) is 0 Å². The lowest BCUT2D eigenvalue weighted by atomic mass is 10.0. The molecule has 6 heteroatoms. The van der Waals surface area contributed by atoms with E-state index in [0.717, 1.165) is 74.2 Å². The Balaban J connectivity index is 1.45. The Morgan fingerprint density at radius 3 is 2.87 bits per heavy atom. The molecular formula is C24H30N6. The van der Waals surface area contributed by atoms with Crippen molar-refractivity contribution in [1.29, 1.82) is 5.26 Å². The van der Waals surface area contributed by atoms with Crippen LogP contribution in [0.4, 0.5) is 11.4 Å². The van der Waals surface area contributed by atoms with E-state index in [0.29, 0.717) is 11.6 Å². The molecule has 6 nitrogen and oxygen atoms in total. The predicted octanol–water partition coefficient (Wildman–Crippen LogP) is 4.23.